The summed E-state index contributed by atoms with van der Waals surface area (Å²) in [5.41, 5.74) is 6.02. The van der Waals surface area contributed by atoms with Crippen molar-refractivity contribution >= 4 is 6.08 Å². The predicted octanol–water partition coefficient (Wildman–Crippen LogP) is 4.97. The molecule has 0 radical (unpaired) electrons. The molecule has 4 nitrogen and oxygen atoms in total. The predicted molar refractivity (Wildman–Crippen MR) is 107 cm³/mol. The standard InChI is InChI=1S/C23H22N4/c1-15-11-19-14-26-27-23(19)21(16(15)2)10-9-20-8-7-18(13-25-20)22-6-4-3-5-17(22)12-24/h3-10,13-16,21H,11H2,1-2H3,(H,26,27)/b10-9+/t15-,16+,21-/m0/s1. The zero-order chi connectivity index (χ0) is 18.8. The van der Waals surface area contributed by atoms with Crippen LogP contribution in [0.2, 0.25) is 0 Å². The lowest BCUT2D eigenvalue weighted by molar-refractivity contribution is 0.328. The van der Waals surface area contributed by atoms with Gasteiger partial charge in [-0.25, -0.2) is 0 Å². The number of H-pyrrole nitrogens is 1. The van der Waals surface area contributed by atoms with Gasteiger partial charge in [0.15, 0.2) is 0 Å². The first-order chi connectivity index (χ1) is 13.2. The Bertz CT molecular complexity index is 1010. The van der Waals surface area contributed by atoms with Gasteiger partial charge in [0, 0.05) is 28.9 Å². The highest BCUT2D eigenvalue weighted by atomic mass is 15.1. The lowest BCUT2D eigenvalue weighted by Gasteiger charge is -2.31. The van der Waals surface area contributed by atoms with Crippen LogP contribution in [0.15, 0.2) is 54.9 Å². The van der Waals surface area contributed by atoms with Crippen molar-refractivity contribution in [1.82, 2.24) is 15.2 Å². The van der Waals surface area contributed by atoms with E-state index in [1.165, 1.54) is 11.3 Å². The fourth-order valence-corrected chi connectivity index (χ4v) is 3.89. The van der Waals surface area contributed by atoms with E-state index in [1.54, 1.807) is 0 Å². The zero-order valence-electron chi connectivity index (χ0n) is 15.6. The number of nitriles is 1. The number of aromatic nitrogens is 3. The van der Waals surface area contributed by atoms with Gasteiger partial charge in [-0.3, -0.25) is 10.1 Å². The number of benzene rings is 1. The summed E-state index contributed by atoms with van der Waals surface area (Å²) in [6.07, 6.45) is 9.21. The average molecular weight is 354 g/mol. The Morgan fingerprint density at radius 3 is 2.78 bits per heavy atom. The Morgan fingerprint density at radius 1 is 1.15 bits per heavy atom. The molecule has 4 heteroatoms. The van der Waals surface area contributed by atoms with Gasteiger partial charge >= 0.3 is 0 Å². The van der Waals surface area contributed by atoms with Crippen LogP contribution in [0.1, 0.15) is 42.3 Å². The van der Waals surface area contributed by atoms with Crippen LogP contribution in [0.5, 0.6) is 0 Å². The molecule has 2 aromatic heterocycles. The molecular formula is C23H22N4. The second-order valence-corrected chi connectivity index (χ2v) is 7.36. The van der Waals surface area contributed by atoms with Crippen molar-refractivity contribution in [2.45, 2.75) is 26.2 Å². The Balaban J connectivity index is 1.58. The molecule has 0 bridgehead atoms. The summed E-state index contributed by atoms with van der Waals surface area (Å²) >= 11 is 0. The van der Waals surface area contributed by atoms with Crippen molar-refractivity contribution in [3.63, 3.8) is 0 Å². The summed E-state index contributed by atoms with van der Waals surface area (Å²) in [5.74, 6) is 1.51. The summed E-state index contributed by atoms with van der Waals surface area (Å²) < 4.78 is 0. The summed E-state index contributed by atoms with van der Waals surface area (Å²) in [4.78, 5) is 4.58. The highest BCUT2D eigenvalue weighted by Crippen LogP contribution is 2.39. The number of aromatic amines is 1. The number of hydrogen-bond donors (Lipinski definition) is 1. The van der Waals surface area contributed by atoms with Crippen molar-refractivity contribution in [1.29, 1.82) is 5.26 Å². The molecule has 1 aromatic carbocycles. The maximum absolute atomic E-state index is 9.28. The largest absolute Gasteiger partial charge is 0.282 e. The SMILES string of the molecule is C[C@H]1[C@H](/C=C/c2ccc(-c3ccccc3C#N)cn2)c2[nH]ncc2C[C@@H]1C. The van der Waals surface area contributed by atoms with Gasteiger partial charge in [-0.2, -0.15) is 10.4 Å². The molecule has 134 valence electrons. The minimum atomic E-state index is 0.326. The molecule has 3 aromatic rings. The van der Waals surface area contributed by atoms with E-state index in [0.717, 1.165) is 23.2 Å². The van der Waals surface area contributed by atoms with Crippen LogP contribution in [0.25, 0.3) is 17.2 Å². The second kappa shape index (κ2) is 7.20. The van der Waals surface area contributed by atoms with Crippen LogP contribution in [0.3, 0.4) is 0 Å². The Morgan fingerprint density at radius 2 is 2.00 bits per heavy atom. The summed E-state index contributed by atoms with van der Waals surface area (Å²) in [5, 5.41) is 16.7. The Hall–Kier alpha value is -3.19. The first kappa shape index (κ1) is 17.2. The van der Waals surface area contributed by atoms with E-state index in [-0.39, 0.29) is 0 Å². The van der Waals surface area contributed by atoms with Gasteiger partial charge in [-0.05, 0) is 42.0 Å². The molecule has 1 aliphatic carbocycles. The molecular weight excluding hydrogens is 332 g/mol. The lowest BCUT2D eigenvalue weighted by Crippen LogP contribution is -2.24. The van der Waals surface area contributed by atoms with E-state index in [4.69, 9.17) is 0 Å². The maximum Gasteiger partial charge on any atom is 0.0998 e. The van der Waals surface area contributed by atoms with Crippen LogP contribution in [0.4, 0.5) is 0 Å². The van der Waals surface area contributed by atoms with E-state index in [2.05, 4.69) is 47.3 Å². The third-order valence-electron chi connectivity index (χ3n) is 5.71. The molecule has 4 rings (SSSR count). The Kier molecular flexibility index (Phi) is 4.60. The molecule has 1 N–H and O–H groups in total. The van der Waals surface area contributed by atoms with E-state index < -0.39 is 0 Å². The molecule has 2 heterocycles. The van der Waals surface area contributed by atoms with Crippen molar-refractivity contribution in [2.75, 3.05) is 0 Å². The molecule has 3 atom stereocenters. The van der Waals surface area contributed by atoms with Crippen molar-refractivity contribution in [2.24, 2.45) is 11.8 Å². The van der Waals surface area contributed by atoms with Crippen LogP contribution in [0, 0.1) is 23.2 Å². The monoisotopic (exact) mass is 354 g/mol. The number of hydrogen-bond acceptors (Lipinski definition) is 3. The van der Waals surface area contributed by atoms with Gasteiger partial charge in [0.25, 0.3) is 0 Å². The molecule has 0 unspecified atom stereocenters. The van der Waals surface area contributed by atoms with Gasteiger partial charge in [0.2, 0.25) is 0 Å². The molecule has 0 saturated carbocycles. The molecule has 27 heavy (non-hydrogen) atoms. The van der Waals surface area contributed by atoms with E-state index in [1.807, 2.05) is 48.8 Å². The Labute approximate surface area is 159 Å². The number of nitrogens with one attached hydrogen (secondary N) is 1. The summed E-state index contributed by atoms with van der Waals surface area (Å²) in [6.45, 7) is 4.61. The number of allylic oxidation sites excluding steroid dienone is 1. The second-order valence-electron chi connectivity index (χ2n) is 7.36. The average Bonchev–Trinajstić information content (AvgIpc) is 3.16. The van der Waals surface area contributed by atoms with Crippen LogP contribution < -0.4 is 0 Å². The highest BCUT2D eigenvalue weighted by molar-refractivity contribution is 5.70. The molecule has 0 fully saturated rings. The van der Waals surface area contributed by atoms with Crippen molar-refractivity contribution in [3.05, 3.63) is 77.4 Å². The topological polar surface area (TPSA) is 65.4 Å². The maximum atomic E-state index is 9.28. The van der Waals surface area contributed by atoms with E-state index >= 15 is 0 Å². The first-order valence-electron chi connectivity index (χ1n) is 9.33. The van der Waals surface area contributed by atoms with Gasteiger partial charge in [-0.15, -0.1) is 0 Å². The number of rotatable bonds is 3. The zero-order valence-corrected chi connectivity index (χ0v) is 15.6. The molecule has 0 aliphatic heterocycles. The first-order valence-corrected chi connectivity index (χ1v) is 9.33. The minimum Gasteiger partial charge on any atom is -0.282 e. The van der Waals surface area contributed by atoms with Crippen LogP contribution in [-0.4, -0.2) is 15.2 Å². The summed E-state index contributed by atoms with van der Waals surface area (Å²) in [7, 11) is 0. The quantitative estimate of drug-likeness (QED) is 0.722. The number of nitrogens with zero attached hydrogens (tertiary/aromatic N) is 3. The van der Waals surface area contributed by atoms with Gasteiger partial charge in [0.05, 0.1) is 23.5 Å². The van der Waals surface area contributed by atoms with Crippen molar-refractivity contribution in [3.8, 4) is 17.2 Å². The number of pyridine rings is 1. The van der Waals surface area contributed by atoms with Gasteiger partial charge in [0.1, 0.15) is 0 Å². The van der Waals surface area contributed by atoms with Gasteiger partial charge < -0.3 is 0 Å². The fourth-order valence-electron chi connectivity index (χ4n) is 3.89. The molecule has 0 spiro atoms. The minimum absolute atomic E-state index is 0.326. The van der Waals surface area contributed by atoms with Gasteiger partial charge in [-0.1, -0.05) is 44.2 Å². The fraction of sp³-hybridized carbons (Fsp3) is 0.261. The smallest absolute Gasteiger partial charge is 0.0998 e. The summed E-state index contributed by atoms with van der Waals surface area (Å²) in [6, 6.07) is 13.9. The highest BCUT2D eigenvalue weighted by Gasteiger charge is 2.31. The molecule has 0 amide bonds. The number of fused-ring (bicyclic) bond motifs is 1. The lowest BCUT2D eigenvalue weighted by atomic mass is 9.73. The molecule has 1 aliphatic rings. The van der Waals surface area contributed by atoms with Crippen molar-refractivity contribution < 1.29 is 0 Å². The van der Waals surface area contributed by atoms with E-state index in [9.17, 15) is 5.26 Å². The third-order valence-corrected chi connectivity index (χ3v) is 5.71. The third kappa shape index (κ3) is 3.29. The van der Waals surface area contributed by atoms with E-state index in [0.29, 0.717) is 23.3 Å². The van der Waals surface area contributed by atoms with Crippen LogP contribution >= 0.6 is 0 Å². The molecule has 0 saturated heterocycles. The normalized spacial score (nSPS) is 21.7. The van der Waals surface area contributed by atoms with Crippen LogP contribution in [-0.2, 0) is 6.42 Å².